The fraction of sp³-hybridized carbons (Fsp3) is 0.467. The number of carbonyl (C=O) groups is 2. The number of likely N-dealkylation sites (N-methyl/N-ethyl adjacent to an activating group) is 1. The van der Waals surface area contributed by atoms with Crippen molar-refractivity contribution in [2.75, 3.05) is 26.0 Å². The molecule has 0 radical (unpaired) electrons. The molecule has 0 heterocycles. The number of aromatic carboxylic acids is 1. The van der Waals surface area contributed by atoms with E-state index in [0.717, 1.165) is 6.54 Å². The first-order valence-electron chi connectivity index (χ1n) is 6.85. The van der Waals surface area contributed by atoms with Crippen LogP contribution in [0.3, 0.4) is 0 Å². The highest BCUT2D eigenvalue weighted by Crippen LogP contribution is 2.10. The molecule has 0 bridgehead atoms. The normalized spacial score (nSPS) is 12.3. The van der Waals surface area contributed by atoms with E-state index in [2.05, 4.69) is 24.5 Å². The molecule has 0 saturated heterocycles. The number of carbonyl (C=O) groups excluding carboxylic acids is 1. The Balaban J connectivity index is 2.61. The van der Waals surface area contributed by atoms with Gasteiger partial charge in [0, 0.05) is 18.3 Å². The van der Waals surface area contributed by atoms with Crippen molar-refractivity contribution < 1.29 is 14.7 Å². The summed E-state index contributed by atoms with van der Waals surface area (Å²) >= 11 is 0. The number of hydrogen-bond acceptors (Lipinski definition) is 3. The van der Waals surface area contributed by atoms with Gasteiger partial charge in [-0.1, -0.05) is 13.8 Å². The fourth-order valence-corrected chi connectivity index (χ4v) is 1.85. The summed E-state index contributed by atoms with van der Waals surface area (Å²) in [5, 5.41) is 14.4. The quantitative estimate of drug-likeness (QED) is 0.750. The molecule has 0 saturated carbocycles. The van der Waals surface area contributed by atoms with Crippen LogP contribution < -0.4 is 10.6 Å². The second-order valence-corrected chi connectivity index (χ2v) is 5.59. The van der Waals surface area contributed by atoms with Gasteiger partial charge in [0.2, 0.25) is 0 Å². The number of benzene rings is 1. The maximum absolute atomic E-state index is 12.0. The molecule has 3 N–H and O–H groups in total. The average molecular weight is 293 g/mol. The highest BCUT2D eigenvalue weighted by molar-refractivity contribution is 5.91. The van der Waals surface area contributed by atoms with Crippen molar-refractivity contribution in [2.45, 2.75) is 19.9 Å². The van der Waals surface area contributed by atoms with Crippen molar-refractivity contribution in [3.05, 3.63) is 29.8 Å². The minimum absolute atomic E-state index is 0.0401. The SMILES string of the molecule is CC(C)C(CN(C)C)NC(=O)Nc1ccc(C(=O)O)cc1. The first-order valence-corrected chi connectivity index (χ1v) is 6.85. The van der Waals surface area contributed by atoms with E-state index < -0.39 is 5.97 Å². The Kier molecular flexibility index (Phi) is 6.17. The third-order valence-corrected chi connectivity index (χ3v) is 3.07. The van der Waals surface area contributed by atoms with Crippen LogP contribution in [0.2, 0.25) is 0 Å². The number of urea groups is 1. The maximum Gasteiger partial charge on any atom is 0.335 e. The average Bonchev–Trinajstić information content (AvgIpc) is 2.37. The largest absolute Gasteiger partial charge is 0.478 e. The highest BCUT2D eigenvalue weighted by atomic mass is 16.4. The predicted octanol–water partition coefficient (Wildman–Crippen LogP) is 2.09. The molecule has 0 aliphatic heterocycles. The van der Waals surface area contributed by atoms with E-state index in [-0.39, 0.29) is 17.6 Å². The van der Waals surface area contributed by atoms with E-state index in [1.165, 1.54) is 12.1 Å². The molecule has 1 rings (SSSR count). The lowest BCUT2D eigenvalue weighted by Crippen LogP contribution is -2.46. The zero-order valence-corrected chi connectivity index (χ0v) is 12.9. The molecule has 1 aromatic carbocycles. The zero-order valence-electron chi connectivity index (χ0n) is 12.9. The smallest absolute Gasteiger partial charge is 0.335 e. The molecule has 1 atom stereocenters. The van der Waals surface area contributed by atoms with E-state index in [1.54, 1.807) is 12.1 Å². The van der Waals surface area contributed by atoms with Gasteiger partial charge in [0.05, 0.1) is 5.56 Å². The van der Waals surface area contributed by atoms with Crippen molar-refractivity contribution in [3.8, 4) is 0 Å². The van der Waals surface area contributed by atoms with Crippen LogP contribution in [0.25, 0.3) is 0 Å². The van der Waals surface area contributed by atoms with Crippen molar-refractivity contribution in [3.63, 3.8) is 0 Å². The number of nitrogens with zero attached hydrogens (tertiary/aromatic N) is 1. The Labute approximate surface area is 125 Å². The van der Waals surface area contributed by atoms with Gasteiger partial charge < -0.3 is 20.6 Å². The second kappa shape index (κ2) is 7.64. The molecule has 1 aromatic rings. The van der Waals surface area contributed by atoms with Crippen LogP contribution in [0.1, 0.15) is 24.2 Å². The van der Waals surface area contributed by atoms with Gasteiger partial charge in [-0.15, -0.1) is 0 Å². The third kappa shape index (κ3) is 5.83. The van der Waals surface area contributed by atoms with Crippen LogP contribution >= 0.6 is 0 Å². The molecule has 0 fully saturated rings. The van der Waals surface area contributed by atoms with Gasteiger partial charge in [-0.2, -0.15) is 0 Å². The monoisotopic (exact) mass is 293 g/mol. The molecule has 0 aliphatic carbocycles. The summed E-state index contributed by atoms with van der Waals surface area (Å²) in [5.74, 6) is -0.676. The number of anilines is 1. The number of carboxylic acid groups (broad SMARTS) is 1. The van der Waals surface area contributed by atoms with E-state index in [9.17, 15) is 9.59 Å². The van der Waals surface area contributed by atoms with E-state index >= 15 is 0 Å². The summed E-state index contributed by atoms with van der Waals surface area (Å²) in [5.41, 5.74) is 0.749. The van der Waals surface area contributed by atoms with Crippen LogP contribution in [-0.4, -0.2) is 48.7 Å². The van der Waals surface area contributed by atoms with Crippen LogP contribution in [0.15, 0.2) is 24.3 Å². The second-order valence-electron chi connectivity index (χ2n) is 5.59. The molecule has 6 heteroatoms. The summed E-state index contributed by atoms with van der Waals surface area (Å²) in [6.45, 7) is 4.86. The Bertz CT molecular complexity index is 483. The molecule has 6 nitrogen and oxygen atoms in total. The Hall–Kier alpha value is -2.08. The van der Waals surface area contributed by atoms with Gasteiger partial charge >= 0.3 is 12.0 Å². The van der Waals surface area contributed by atoms with Crippen LogP contribution in [0, 0.1) is 5.92 Å². The van der Waals surface area contributed by atoms with E-state index in [1.807, 2.05) is 19.0 Å². The number of hydrogen-bond donors (Lipinski definition) is 3. The molecular formula is C15H23N3O3. The van der Waals surface area contributed by atoms with Gasteiger partial charge in [0.1, 0.15) is 0 Å². The van der Waals surface area contributed by atoms with E-state index in [4.69, 9.17) is 5.11 Å². The topological polar surface area (TPSA) is 81.7 Å². The van der Waals surface area contributed by atoms with Crippen LogP contribution in [0.5, 0.6) is 0 Å². The molecule has 0 aliphatic rings. The molecular weight excluding hydrogens is 270 g/mol. The minimum Gasteiger partial charge on any atom is -0.478 e. The summed E-state index contributed by atoms with van der Waals surface area (Å²) in [6, 6.07) is 5.80. The molecule has 116 valence electrons. The Morgan fingerprint density at radius 2 is 1.76 bits per heavy atom. The molecule has 0 spiro atoms. The lowest BCUT2D eigenvalue weighted by molar-refractivity contribution is 0.0697. The number of carboxylic acids is 1. The van der Waals surface area contributed by atoms with Gasteiger partial charge in [-0.05, 0) is 44.3 Å². The summed E-state index contributed by atoms with van der Waals surface area (Å²) in [4.78, 5) is 24.7. The summed E-state index contributed by atoms with van der Waals surface area (Å²) < 4.78 is 0. The Morgan fingerprint density at radius 1 is 1.19 bits per heavy atom. The molecule has 2 amide bonds. The highest BCUT2D eigenvalue weighted by Gasteiger charge is 2.17. The fourth-order valence-electron chi connectivity index (χ4n) is 1.85. The zero-order chi connectivity index (χ0) is 16.0. The summed E-state index contributed by atoms with van der Waals surface area (Å²) in [6.07, 6.45) is 0. The van der Waals surface area contributed by atoms with Crippen LogP contribution in [0.4, 0.5) is 10.5 Å². The van der Waals surface area contributed by atoms with Crippen molar-refractivity contribution in [2.24, 2.45) is 5.92 Å². The van der Waals surface area contributed by atoms with Crippen molar-refractivity contribution in [1.82, 2.24) is 10.2 Å². The third-order valence-electron chi connectivity index (χ3n) is 3.07. The van der Waals surface area contributed by atoms with Crippen molar-refractivity contribution in [1.29, 1.82) is 0 Å². The lowest BCUT2D eigenvalue weighted by Gasteiger charge is -2.25. The van der Waals surface area contributed by atoms with Gasteiger partial charge in [-0.25, -0.2) is 9.59 Å². The van der Waals surface area contributed by atoms with Crippen LogP contribution in [-0.2, 0) is 0 Å². The standard InChI is InChI=1S/C15H23N3O3/c1-10(2)13(9-18(3)4)17-15(21)16-12-7-5-11(6-8-12)14(19)20/h5-8,10,13H,9H2,1-4H3,(H,19,20)(H2,16,17,21). The minimum atomic E-state index is -0.989. The first-order chi connectivity index (χ1) is 9.79. The first kappa shape index (κ1) is 17.0. The van der Waals surface area contributed by atoms with Gasteiger partial charge in [0.25, 0.3) is 0 Å². The lowest BCUT2D eigenvalue weighted by atomic mass is 10.0. The summed E-state index contributed by atoms with van der Waals surface area (Å²) in [7, 11) is 3.92. The Morgan fingerprint density at radius 3 is 2.19 bits per heavy atom. The van der Waals surface area contributed by atoms with Gasteiger partial charge in [0.15, 0.2) is 0 Å². The predicted molar refractivity (Wildman–Crippen MR) is 82.7 cm³/mol. The van der Waals surface area contributed by atoms with Crippen molar-refractivity contribution >= 4 is 17.7 Å². The number of amides is 2. The number of nitrogens with one attached hydrogen (secondary N) is 2. The molecule has 1 unspecified atom stereocenters. The molecule has 0 aromatic heterocycles. The van der Waals surface area contributed by atoms with E-state index in [0.29, 0.717) is 11.6 Å². The van der Waals surface area contributed by atoms with Gasteiger partial charge in [-0.3, -0.25) is 0 Å². The molecule has 21 heavy (non-hydrogen) atoms. The number of rotatable bonds is 6. The maximum atomic E-state index is 12.0.